The molecule has 0 aromatic heterocycles. The predicted molar refractivity (Wildman–Crippen MR) is 51.2 cm³/mol. The van der Waals surface area contributed by atoms with Gasteiger partial charge in [0.1, 0.15) is 5.38 Å². The first kappa shape index (κ1) is 10.8. The van der Waals surface area contributed by atoms with Crippen molar-refractivity contribution in [3.8, 4) is 0 Å². The predicted octanol–water partition coefficient (Wildman–Crippen LogP) is -0.0742. The third-order valence-electron chi connectivity index (χ3n) is 2.28. The molecule has 0 saturated carbocycles. The number of likely N-dealkylation sites (N-methyl/N-ethyl adjacent to an activating group) is 1. The lowest BCUT2D eigenvalue weighted by atomic mass is 10.3. The monoisotopic (exact) mass is 206 g/mol. The molecule has 1 atom stereocenters. The van der Waals surface area contributed by atoms with Crippen LogP contribution in [0.2, 0.25) is 0 Å². The normalized spacial score (nSPS) is 22.9. The summed E-state index contributed by atoms with van der Waals surface area (Å²) < 4.78 is 0. The van der Waals surface area contributed by atoms with Crippen LogP contribution in [-0.2, 0) is 4.79 Å². The average Bonchev–Trinajstić information content (AvgIpc) is 2.08. The fourth-order valence-electron chi connectivity index (χ4n) is 1.34. The lowest BCUT2D eigenvalue weighted by Gasteiger charge is -2.32. The van der Waals surface area contributed by atoms with Crippen LogP contribution in [0.25, 0.3) is 0 Å². The summed E-state index contributed by atoms with van der Waals surface area (Å²) in [6, 6.07) is 0. The highest BCUT2D eigenvalue weighted by atomic mass is 35.5. The van der Waals surface area contributed by atoms with Gasteiger partial charge >= 0.3 is 5.97 Å². The molecule has 0 aromatic carbocycles. The van der Waals surface area contributed by atoms with Crippen molar-refractivity contribution in [1.29, 1.82) is 0 Å². The Bertz CT molecular complexity index is 181. The molecular weight excluding hydrogens is 192 g/mol. The third kappa shape index (κ3) is 3.50. The van der Waals surface area contributed by atoms with Crippen LogP contribution in [0.3, 0.4) is 0 Å². The molecule has 13 heavy (non-hydrogen) atoms. The molecule has 4 nitrogen and oxygen atoms in total. The average molecular weight is 207 g/mol. The van der Waals surface area contributed by atoms with E-state index in [9.17, 15) is 4.79 Å². The lowest BCUT2D eigenvalue weighted by Crippen LogP contribution is -2.47. The van der Waals surface area contributed by atoms with Crippen LogP contribution in [0.1, 0.15) is 0 Å². The first-order valence-electron chi connectivity index (χ1n) is 4.37. The van der Waals surface area contributed by atoms with Crippen LogP contribution >= 0.6 is 11.6 Å². The Morgan fingerprint density at radius 2 is 2.00 bits per heavy atom. The van der Waals surface area contributed by atoms with Crippen molar-refractivity contribution in [1.82, 2.24) is 9.80 Å². The highest BCUT2D eigenvalue weighted by molar-refractivity contribution is 6.29. The summed E-state index contributed by atoms with van der Waals surface area (Å²) in [5.41, 5.74) is 0. The Morgan fingerprint density at radius 3 is 2.46 bits per heavy atom. The third-order valence-corrected chi connectivity index (χ3v) is 2.61. The second-order valence-electron chi connectivity index (χ2n) is 3.41. The number of piperazine rings is 1. The Morgan fingerprint density at radius 1 is 1.46 bits per heavy atom. The second kappa shape index (κ2) is 4.79. The maximum Gasteiger partial charge on any atom is 0.322 e. The van der Waals surface area contributed by atoms with Crippen LogP contribution < -0.4 is 0 Å². The van der Waals surface area contributed by atoms with Gasteiger partial charge in [-0.2, -0.15) is 0 Å². The number of halogens is 1. The maximum absolute atomic E-state index is 10.5. The summed E-state index contributed by atoms with van der Waals surface area (Å²) in [4.78, 5) is 14.8. The van der Waals surface area contributed by atoms with Crippen LogP contribution in [0.4, 0.5) is 0 Å². The van der Waals surface area contributed by atoms with Gasteiger partial charge in [-0.15, -0.1) is 11.6 Å². The van der Waals surface area contributed by atoms with E-state index in [1.807, 2.05) is 0 Å². The van der Waals surface area contributed by atoms with E-state index in [4.69, 9.17) is 16.7 Å². The van der Waals surface area contributed by atoms with E-state index < -0.39 is 11.3 Å². The zero-order chi connectivity index (χ0) is 9.84. The van der Waals surface area contributed by atoms with Crippen molar-refractivity contribution in [3.63, 3.8) is 0 Å². The molecule has 0 spiro atoms. The summed E-state index contributed by atoms with van der Waals surface area (Å²) >= 11 is 5.63. The van der Waals surface area contributed by atoms with E-state index in [1.165, 1.54) is 0 Å². The molecule has 0 aromatic rings. The molecule has 0 radical (unpaired) electrons. The number of hydrogen-bond donors (Lipinski definition) is 1. The zero-order valence-corrected chi connectivity index (χ0v) is 8.50. The van der Waals surface area contributed by atoms with Crippen LogP contribution in [-0.4, -0.2) is 66.0 Å². The van der Waals surface area contributed by atoms with Gasteiger partial charge in [0.15, 0.2) is 0 Å². The summed E-state index contributed by atoms with van der Waals surface area (Å²) in [7, 11) is 2.06. The van der Waals surface area contributed by atoms with Crippen molar-refractivity contribution < 1.29 is 9.90 Å². The van der Waals surface area contributed by atoms with Crippen molar-refractivity contribution in [2.24, 2.45) is 0 Å². The smallest absolute Gasteiger partial charge is 0.322 e. The quantitative estimate of drug-likeness (QED) is 0.657. The molecule has 1 unspecified atom stereocenters. The zero-order valence-electron chi connectivity index (χ0n) is 7.74. The van der Waals surface area contributed by atoms with Gasteiger partial charge in [0.2, 0.25) is 0 Å². The van der Waals surface area contributed by atoms with E-state index in [0.717, 1.165) is 26.2 Å². The number of nitrogens with zero attached hydrogens (tertiary/aromatic N) is 2. The van der Waals surface area contributed by atoms with Crippen molar-refractivity contribution in [3.05, 3.63) is 0 Å². The molecule has 1 saturated heterocycles. The van der Waals surface area contributed by atoms with Crippen LogP contribution in [0.15, 0.2) is 0 Å². The van der Waals surface area contributed by atoms with E-state index >= 15 is 0 Å². The topological polar surface area (TPSA) is 43.8 Å². The van der Waals surface area contributed by atoms with Crippen LogP contribution in [0, 0.1) is 0 Å². The Labute approximate surface area is 83.1 Å². The minimum absolute atomic E-state index is 0.449. The molecule has 76 valence electrons. The largest absolute Gasteiger partial charge is 0.480 e. The molecule has 1 N–H and O–H groups in total. The van der Waals surface area contributed by atoms with Gasteiger partial charge in [-0.3, -0.25) is 9.69 Å². The number of aliphatic carboxylic acids is 1. The standard InChI is InChI=1S/C8H15ClN2O2/c1-10-2-4-11(5-3-10)6-7(9)8(12)13/h7H,2-6H2,1H3,(H,12,13). The Kier molecular flexibility index (Phi) is 3.96. The van der Waals surface area contributed by atoms with E-state index in [1.54, 1.807) is 0 Å². The van der Waals surface area contributed by atoms with Gasteiger partial charge in [-0.25, -0.2) is 0 Å². The van der Waals surface area contributed by atoms with Gasteiger partial charge in [-0.05, 0) is 7.05 Å². The molecule has 0 bridgehead atoms. The van der Waals surface area contributed by atoms with Crippen molar-refractivity contribution in [2.45, 2.75) is 5.38 Å². The highest BCUT2D eigenvalue weighted by Crippen LogP contribution is 2.04. The van der Waals surface area contributed by atoms with Gasteiger partial charge in [0.05, 0.1) is 0 Å². The maximum atomic E-state index is 10.5. The first-order chi connectivity index (χ1) is 6.09. The molecule has 1 heterocycles. The van der Waals surface area contributed by atoms with E-state index in [-0.39, 0.29) is 0 Å². The van der Waals surface area contributed by atoms with E-state index in [2.05, 4.69) is 16.8 Å². The molecule has 1 fully saturated rings. The number of hydrogen-bond acceptors (Lipinski definition) is 3. The molecule has 0 amide bonds. The van der Waals surface area contributed by atoms with Gasteiger partial charge in [0.25, 0.3) is 0 Å². The van der Waals surface area contributed by atoms with Gasteiger partial charge < -0.3 is 10.0 Å². The Balaban J connectivity index is 2.26. The minimum atomic E-state index is -0.930. The fraction of sp³-hybridized carbons (Fsp3) is 0.875. The minimum Gasteiger partial charge on any atom is -0.480 e. The van der Waals surface area contributed by atoms with Crippen molar-refractivity contribution >= 4 is 17.6 Å². The molecular formula is C8H15ClN2O2. The second-order valence-corrected chi connectivity index (χ2v) is 3.94. The SMILES string of the molecule is CN1CCN(CC(Cl)C(=O)O)CC1. The number of carbonyl (C=O) groups is 1. The summed E-state index contributed by atoms with van der Waals surface area (Å²) in [6.45, 7) is 4.25. The molecule has 1 rings (SSSR count). The van der Waals surface area contributed by atoms with Crippen molar-refractivity contribution in [2.75, 3.05) is 39.8 Å². The Hall–Kier alpha value is -0.320. The van der Waals surface area contributed by atoms with Gasteiger partial charge in [0, 0.05) is 32.7 Å². The number of carboxylic acid groups (broad SMARTS) is 1. The number of rotatable bonds is 3. The van der Waals surface area contributed by atoms with Crippen LogP contribution in [0.5, 0.6) is 0 Å². The summed E-state index contributed by atoms with van der Waals surface area (Å²) in [5, 5.41) is 7.82. The number of carboxylic acids is 1. The molecule has 1 aliphatic rings. The van der Waals surface area contributed by atoms with E-state index in [0.29, 0.717) is 6.54 Å². The first-order valence-corrected chi connectivity index (χ1v) is 4.81. The molecule has 1 aliphatic heterocycles. The summed E-state index contributed by atoms with van der Waals surface area (Å²) in [5.74, 6) is -0.930. The number of alkyl halides is 1. The fourth-order valence-corrected chi connectivity index (χ4v) is 1.53. The van der Waals surface area contributed by atoms with Gasteiger partial charge in [-0.1, -0.05) is 0 Å². The summed E-state index contributed by atoms with van der Waals surface area (Å²) in [6.07, 6.45) is 0. The molecule has 5 heteroatoms. The lowest BCUT2D eigenvalue weighted by molar-refractivity contribution is -0.137. The highest BCUT2D eigenvalue weighted by Gasteiger charge is 2.20. The molecule has 0 aliphatic carbocycles.